The molecule has 0 bridgehead atoms. The average Bonchev–Trinajstić information content (AvgIpc) is 0. The molecule has 0 amide bonds. The molecular formula is H4Ac2HgO2. The summed E-state index contributed by atoms with van der Waals surface area (Å²) in [6.45, 7) is 0. The van der Waals surface area contributed by atoms with Gasteiger partial charge in [0.25, 0.3) is 0 Å². The van der Waals surface area contributed by atoms with Gasteiger partial charge in [-0.3, -0.25) is 0 Å². The van der Waals surface area contributed by atoms with Crippen molar-refractivity contribution in [2.75, 3.05) is 0 Å². The van der Waals surface area contributed by atoms with Crippen LogP contribution in [0.3, 0.4) is 0 Å². The van der Waals surface area contributed by atoms with Crippen LogP contribution in [0.25, 0.3) is 0 Å². The van der Waals surface area contributed by atoms with Crippen LogP contribution in [0, 0.1) is 88.1 Å². The summed E-state index contributed by atoms with van der Waals surface area (Å²) in [5.41, 5.74) is 0. The Morgan fingerprint density at radius 3 is 0.600 bits per heavy atom. The summed E-state index contributed by atoms with van der Waals surface area (Å²) in [5.74, 6) is 0. The molecule has 0 saturated carbocycles. The van der Waals surface area contributed by atoms with Crippen LogP contribution in [0.1, 0.15) is 0 Å². The van der Waals surface area contributed by atoms with Gasteiger partial charge in [-0.05, 0) is 0 Å². The molecule has 2 radical (unpaired) electrons. The van der Waals surface area contributed by atoms with Crippen LogP contribution in [0.4, 0.5) is 0 Å². The molecule has 0 fully saturated rings. The topological polar surface area (TPSA) is 63.0 Å². The van der Waals surface area contributed by atoms with Crippen molar-refractivity contribution in [2.24, 2.45) is 0 Å². The fourth-order valence-electron chi connectivity index (χ4n) is 0. The van der Waals surface area contributed by atoms with Crippen LogP contribution in [0.15, 0.2) is 0 Å². The van der Waals surface area contributed by atoms with Crippen molar-refractivity contribution in [3.63, 3.8) is 0 Å². The Labute approximate surface area is 123 Å². The summed E-state index contributed by atoms with van der Waals surface area (Å²) in [7, 11) is 0. The maximum Gasteiger partial charge on any atom is 0 e. The predicted molar refractivity (Wildman–Crippen MR) is 7.23 cm³/mol. The maximum absolute atomic E-state index is 0. The maximum atomic E-state index is 0. The molecular weight excluding hydrogens is 687 g/mol. The van der Waals surface area contributed by atoms with E-state index in [0.717, 1.165) is 0 Å². The zero-order chi connectivity index (χ0) is 0. The van der Waals surface area contributed by atoms with Crippen molar-refractivity contribution in [1.82, 2.24) is 0 Å². The van der Waals surface area contributed by atoms with E-state index in [0.29, 0.717) is 0 Å². The quantitative estimate of drug-likeness (QED) is 0.274. The molecule has 0 spiro atoms. The van der Waals surface area contributed by atoms with Crippen LogP contribution in [-0.4, -0.2) is 11.0 Å². The Bertz CT molecular complexity index is 7.61. The molecule has 0 atom stereocenters. The van der Waals surface area contributed by atoms with E-state index in [1.165, 1.54) is 0 Å². The smallest absolute Gasteiger partial charge is 0 e. The van der Waals surface area contributed by atoms with E-state index < -0.39 is 0 Å². The first-order valence-electron chi connectivity index (χ1n) is 0. The van der Waals surface area contributed by atoms with E-state index in [9.17, 15) is 0 Å². The molecule has 24 valence electrons. The molecule has 4 N–H and O–H groups in total. The van der Waals surface area contributed by atoms with Gasteiger partial charge in [0, 0.05) is 116 Å². The van der Waals surface area contributed by atoms with Gasteiger partial charge in [0.2, 0.25) is 0 Å². The first-order chi connectivity index (χ1) is 0. The molecule has 0 rings (SSSR count). The van der Waals surface area contributed by atoms with Gasteiger partial charge >= 0.3 is 0 Å². The summed E-state index contributed by atoms with van der Waals surface area (Å²) in [6.07, 6.45) is 0. The minimum atomic E-state index is 0. The van der Waals surface area contributed by atoms with Gasteiger partial charge < -0.3 is 11.0 Å². The number of hydrogen-bond acceptors (Lipinski definition) is 0. The van der Waals surface area contributed by atoms with Crippen LogP contribution in [0.2, 0.25) is 0 Å². The third-order valence-electron chi connectivity index (χ3n) is 0. The summed E-state index contributed by atoms with van der Waals surface area (Å²) in [5, 5.41) is 0. The summed E-state index contributed by atoms with van der Waals surface area (Å²) < 4.78 is 0. The second-order valence-corrected chi connectivity index (χ2v) is 0. The molecule has 0 aromatic carbocycles. The Kier molecular flexibility index (Phi) is 188. The normalized spacial score (nSPS) is 0. The molecule has 0 aliphatic heterocycles. The molecule has 0 heterocycles. The Hall–Kier alpha value is 3.74. The van der Waals surface area contributed by atoms with Crippen molar-refractivity contribution >= 4 is 0 Å². The molecule has 0 saturated heterocycles. The van der Waals surface area contributed by atoms with E-state index in [1.807, 2.05) is 0 Å². The van der Waals surface area contributed by atoms with Crippen molar-refractivity contribution in [1.29, 1.82) is 0 Å². The van der Waals surface area contributed by atoms with Gasteiger partial charge in [0.1, 0.15) is 0 Å². The van der Waals surface area contributed by atoms with Crippen molar-refractivity contribution in [3.05, 3.63) is 0 Å². The van der Waals surface area contributed by atoms with Crippen LogP contribution >= 0.6 is 0 Å². The Morgan fingerprint density at radius 2 is 0.600 bits per heavy atom. The van der Waals surface area contributed by atoms with Crippen LogP contribution in [0.5, 0.6) is 0 Å². The fraction of sp³-hybridized carbons (Fsp3) is 0. The van der Waals surface area contributed by atoms with Crippen LogP contribution < -0.4 is 0 Å². The summed E-state index contributed by atoms with van der Waals surface area (Å²) in [4.78, 5) is 0. The first-order valence-corrected chi connectivity index (χ1v) is 0. The van der Waals surface area contributed by atoms with Crippen molar-refractivity contribution < 1.29 is 127 Å². The fourth-order valence-corrected chi connectivity index (χ4v) is 0. The molecule has 5 heteroatoms. The second kappa shape index (κ2) is 25.1. The molecule has 5 heavy (non-hydrogen) atoms. The number of hydrogen-bond donors (Lipinski definition) is 0. The second-order valence-electron chi connectivity index (χ2n) is 0. The average molecular weight is 691 g/mol. The Morgan fingerprint density at radius 1 is 0.600 bits per heavy atom. The third-order valence-corrected chi connectivity index (χ3v) is 0. The zero-order valence-corrected chi connectivity index (χ0v) is 17.9. The van der Waals surface area contributed by atoms with Gasteiger partial charge in [-0.25, -0.2) is 0 Å². The zero-order valence-electron chi connectivity index (χ0n) is 2.86. The van der Waals surface area contributed by atoms with E-state index >= 15 is 0 Å². The predicted octanol–water partition coefficient (Wildman–Crippen LogP) is -1.65. The minimum absolute atomic E-state index is 0. The van der Waals surface area contributed by atoms with Gasteiger partial charge in [-0.2, -0.15) is 0 Å². The van der Waals surface area contributed by atoms with Gasteiger partial charge in [-0.1, -0.05) is 0 Å². The molecule has 2 nitrogen and oxygen atoms in total. The van der Waals surface area contributed by atoms with E-state index in [4.69, 9.17) is 0 Å². The summed E-state index contributed by atoms with van der Waals surface area (Å²) in [6, 6.07) is 0. The minimum Gasteiger partial charge on any atom is -0.412 e. The molecule has 0 aromatic heterocycles. The van der Waals surface area contributed by atoms with Crippen molar-refractivity contribution in [2.45, 2.75) is 0 Å². The third kappa shape index (κ3) is 18.2. The standard InChI is InChI=1S/2Ac.Hg.2H2O/h;;;2*1H2. The molecule has 0 aliphatic carbocycles. The summed E-state index contributed by atoms with van der Waals surface area (Å²) >= 11 is 0. The SMILES string of the molecule is O.O.[Ac].[Ac].[Hg]. The largest absolute Gasteiger partial charge is 0.412 e. The van der Waals surface area contributed by atoms with E-state index in [2.05, 4.69) is 0 Å². The van der Waals surface area contributed by atoms with Gasteiger partial charge in [0.05, 0.1) is 0 Å². The monoisotopic (exact) mass is 692 g/mol. The van der Waals surface area contributed by atoms with Crippen molar-refractivity contribution in [3.8, 4) is 0 Å². The number of rotatable bonds is 0. The van der Waals surface area contributed by atoms with Gasteiger partial charge in [0.15, 0.2) is 0 Å². The van der Waals surface area contributed by atoms with E-state index in [-0.39, 0.29) is 127 Å². The molecule has 0 aliphatic rings. The Balaban J connectivity index is 0. The van der Waals surface area contributed by atoms with E-state index in [1.54, 1.807) is 0 Å². The first kappa shape index (κ1) is 37.4. The molecule has 0 unspecified atom stereocenters. The molecule has 0 aromatic rings. The van der Waals surface area contributed by atoms with Crippen LogP contribution in [-0.2, 0) is 27.7 Å². The van der Waals surface area contributed by atoms with Gasteiger partial charge in [-0.15, -0.1) is 0 Å².